The number of halogens is 5. The SMILES string of the molecule is FC(F)(F)c1cc2n[nH]c(I)c2cc1Br. The number of benzene rings is 1. The Morgan fingerprint density at radius 3 is 2.60 bits per heavy atom. The van der Waals surface area contributed by atoms with Crippen LogP contribution in [-0.2, 0) is 6.18 Å². The summed E-state index contributed by atoms with van der Waals surface area (Å²) in [7, 11) is 0. The monoisotopic (exact) mass is 390 g/mol. The molecule has 0 amide bonds. The van der Waals surface area contributed by atoms with Gasteiger partial charge in [-0.15, -0.1) is 0 Å². The fourth-order valence-corrected chi connectivity index (χ4v) is 2.34. The molecule has 0 unspecified atom stereocenters. The Hall–Kier alpha value is -0.310. The number of nitrogens with zero attached hydrogens (tertiary/aromatic N) is 1. The van der Waals surface area contributed by atoms with E-state index in [1.807, 2.05) is 22.6 Å². The lowest BCUT2D eigenvalue weighted by atomic mass is 10.1. The molecule has 15 heavy (non-hydrogen) atoms. The third kappa shape index (κ3) is 1.99. The highest BCUT2D eigenvalue weighted by Gasteiger charge is 2.33. The number of aromatic nitrogens is 2. The molecule has 0 fully saturated rings. The maximum atomic E-state index is 12.5. The first-order chi connectivity index (χ1) is 6.89. The minimum absolute atomic E-state index is 0.0295. The molecular weight excluding hydrogens is 388 g/mol. The van der Waals surface area contributed by atoms with E-state index < -0.39 is 11.7 Å². The molecule has 0 saturated heterocycles. The molecule has 0 bridgehead atoms. The van der Waals surface area contributed by atoms with Crippen molar-refractivity contribution < 1.29 is 13.2 Å². The van der Waals surface area contributed by atoms with Gasteiger partial charge in [-0.1, -0.05) is 15.9 Å². The maximum Gasteiger partial charge on any atom is 0.417 e. The van der Waals surface area contributed by atoms with Gasteiger partial charge < -0.3 is 0 Å². The summed E-state index contributed by atoms with van der Waals surface area (Å²) >= 11 is 4.89. The van der Waals surface area contributed by atoms with Gasteiger partial charge >= 0.3 is 6.18 Å². The molecule has 80 valence electrons. The summed E-state index contributed by atoms with van der Waals surface area (Å²) in [6.07, 6.45) is -4.36. The molecule has 0 saturated carbocycles. The summed E-state index contributed by atoms with van der Waals surface area (Å²) in [5, 5.41) is 7.09. The number of hydrogen-bond acceptors (Lipinski definition) is 1. The first-order valence-corrected chi connectivity index (χ1v) is 5.67. The highest BCUT2D eigenvalue weighted by Crippen LogP contribution is 2.37. The van der Waals surface area contributed by atoms with Crippen LogP contribution in [0.25, 0.3) is 10.9 Å². The van der Waals surface area contributed by atoms with Crippen LogP contribution in [0.4, 0.5) is 13.2 Å². The van der Waals surface area contributed by atoms with Crippen LogP contribution < -0.4 is 0 Å². The van der Waals surface area contributed by atoms with Crippen LogP contribution in [0, 0.1) is 3.70 Å². The molecule has 2 nitrogen and oxygen atoms in total. The molecule has 0 atom stereocenters. The number of alkyl halides is 3. The van der Waals surface area contributed by atoms with Crippen LogP contribution in [0.15, 0.2) is 16.6 Å². The summed E-state index contributed by atoms with van der Waals surface area (Å²) in [5.41, 5.74) is -0.396. The lowest BCUT2D eigenvalue weighted by Crippen LogP contribution is -2.05. The molecule has 7 heteroatoms. The van der Waals surface area contributed by atoms with Gasteiger partial charge in [-0.25, -0.2) is 0 Å². The van der Waals surface area contributed by atoms with Crippen molar-refractivity contribution in [2.75, 3.05) is 0 Å². The fraction of sp³-hybridized carbons (Fsp3) is 0.125. The van der Waals surface area contributed by atoms with Crippen molar-refractivity contribution >= 4 is 49.4 Å². The highest BCUT2D eigenvalue weighted by molar-refractivity contribution is 14.1. The highest BCUT2D eigenvalue weighted by atomic mass is 127. The second-order valence-corrected chi connectivity index (χ2v) is 4.82. The quantitative estimate of drug-likeness (QED) is 0.678. The number of hydrogen-bond donors (Lipinski definition) is 1. The standard InChI is InChI=1S/C8H3BrF3IN2/c9-5-1-3-6(14-15-7(3)13)2-4(5)8(10,11)12/h1-2H,(H,14,15). The van der Waals surface area contributed by atoms with E-state index in [1.54, 1.807) is 0 Å². The van der Waals surface area contributed by atoms with Gasteiger partial charge in [-0.2, -0.15) is 18.3 Å². The Labute approximate surface area is 105 Å². The molecule has 1 aromatic heterocycles. The van der Waals surface area contributed by atoms with Crippen LogP contribution in [0.3, 0.4) is 0 Å². The van der Waals surface area contributed by atoms with Crippen LogP contribution in [-0.4, -0.2) is 10.2 Å². The predicted molar refractivity (Wildman–Crippen MR) is 61.5 cm³/mol. The molecular formula is C8H3BrF3IN2. The van der Waals surface area contributed by atoms with Gasteiger partial charge in [-0.05, 0) is 34.7 Å². The molecule has 0 aliphatic rings. The van der Waals surface area contributed by atoms with Crippen molar-refractivity contribution in [3.05, 3.63) is 25.9 Å². The molecule has 0 aliphatic carbocycles. The minimum Gasteiger partial charge on any atom is -0.271 e. The maximum absolute atomic E-state index is 12.5. The Morgan fingerprint density at radius 1 is 1.33 bits per heavy atom. The Morgan fingerprint density at radius 2 is 2.00 bits per heavy atom. The van der Waals surface area contributed by atoms with Crippen molar-refractivity contribution in [1.82, 2.24) is 10.2 Å². The summed E-state index contributed by atoms with van der Waals surface area (Å²) in [6, 6.07) is 2.45. The van der Waals surface area contributed by atoms with Crippen LogP contribution in [0.1, 0.15) is 5.56 Å². The number of H-pyrrole nitrogens is 1. The smallest absolute Gasteiger partial charge is 0.271 e. The Kier molecular flexibility index (Phi) is 2.70. The van der Waals surface area contributed by atoms with Gasteiger partial charge in [0, 0.05) is 9.86 Å². The third-order valence-electron chi connectivity index (χ3n) is 1.90. The molecule has 0 radical (unpaired) electrons. The summed E-state index contributed by atoms with van der Waals surface area (Å²) in [6.45, 7) is 0. The first-order valence-electron chi connectivity index (χ1n) is 3.80. The fourth-order valence-electron chi connectivity index (χ4n) is 1.22. The number of rotatable bonds is 0. The molecule has 0 aliphatic heterocycles. The molecule has 2 rings (SSSR count). The predicted octanol–water partition coefficient (Wildman–Crippen LogP) is 3.95. The molecule has 0 spiro atoms. The summed E-state index contributed by atoms with van der Waals surface area (Å²) in [4.78, 5) is 0. The van der Waals surface area contributed by atoms with Gasteiger partial charge in [0.05, 0.1) is 11.1 Å². The van der Waals surface area contributed by atoms with Crippen molar-refractivity contribution in [1.29, 1.82) is 0 Å². The van der Waals surface area contributed by atoms with Gasteiger partial charge in [0.2, 0.25) is 0 Å². The van der Waals surface area contributed by atoms with Crippen LogP contribution in [0.5, 0.6) is 0 Å². The Bertz CT molecular complexity index is 520. The number of fused-ring (bicyclic) bond motifs is 1. The van der Waals surface area contributed by atoms with E-state index in [2.05, 4.69) is 26.1 Å². The molecule has 2 aromatic rings. The largest absolute Gasteiger partial charge is 0.417 e. The van der Waals surface area contributed by atoms with E-state index >= 15 is 0 Å². The van der Waals surface area contributed by atoms with Crippen LogP contribution >= 0.6 is 38.5 Å². The van der Waals surface area contributed by atoms with Gasteiger partial charge in [0.1, 0.15) is 3.70 Å². The lowest BCUT2D eigenvalue weighted by Gasteiger charge is -2.08. The van der Waals surface area contributed by atoms with E-state index in [-0.39, 0.29) is 4.47 Å². The normalized spacial score (nSPS) is 12.3. The topological polar surface area (TPSA) is 28.7 Å². The zero-order chi connectivity index (χ0) is 11.2. The van der Waals surface area contributed by atoms with E-state index in [4.69, 9.17) is 0 Å². The molecule has 1 aromatic carbocycles. The van der Waals surface area contributed by atoms with Crippen molar-refractivity contribution in [3.63, 3.8) is 0 Å². The van der Waals surface area contributed by atoms with Crippen LogP contribution in [0.2, 0.25) is 0 Å². The average molecular weight is 391 g/mol. The second kappa shape index (κ2) is 3.62. The van der Waals surface area contributed by atoms with Gasteiger partial charge in [-0.3, -0.25) is 5.10 Å². The minimum atomic E-state index is -4.36. The number of nitrogens with one attached hydrogen (secondary N) is 1. The molecule has 1 heterocycles. The lowest BCUT2D eigenvalue weighted by molar-refractivity contribution is -0.138. The van der Waals surface area contributed by atoms with E-state index in [9.17, 15) is 13.2 Å². The van der Waals surface area contributed by atoms with Crippen molar-refractivity contribution in [3.8, 4) is 0 Å². The Balaban J connectivity index is 2.74. The van der Waals surface area contributed by atoms with E-state index in [1.165, 1.54) is 6.07 Å². The van der Waals surface area contributed by atoms with E-state index in [0.29, 0.717) is 10.9 Å². The van der Waals surface area contributed by atoms with Crippen molar-refractivity contribution in [2.24, 2.45) is 0 Å². The molecule has 1 N–H and O–H groups in total. The summed E-state index contributed by atoms with van der Waals surface area (Å²) < 4.78 is 38.3. The zero-order valence-electron chi connectivity index (χ0n) is 6.99. The number of aromatic amines is 1. The summed E-state index contributed by atoms with van der Waals surface area (Å²) in [5.74, 6) is 0. The van der Waals surface area contributed by atoms with Gasteiger partial charge in [0.15, 0.2) is 0 Å². The first kappa shape index (κ1) is 11.2. The third-order valence-corrected chi connectivity index (χ3v) is 3.38. The van der Waals surface area contributed by atoms with Crippen molar-refractivity contribution in [2.45, 2.75) is 6.18 Å². The second-order valence-electron chi connectivity index (χ2n) is 2.88. The zero-order valence-corrected chi connectivity index (χ0v) is 10.7. The van der Waals surface area contributed by atoms with E-state index in [0.717, 1.165) is 9.77 Å². The van der Waals surface area contributed by atoms with Gasteiger partial charge in [0.25, 0.3) is 0 Å². The average Bonchev–Trinajstić information content (AvgIpc) is 2.45.